The predicted octanol–water partition coefficient (Wildman–Crippen LogP) is 2.09. The summed E-state index contributed by atoms with van der Waals surface area (Å²) in [7, 11) is 0. The van der Waals surface area contributed by atoms with Crippen molar-refractivity contribution in [1.82, 2.24) is 4.90 Å². The van der Waals surface area contributed by atoms with E-state index in [4.69, 9.17) is 0 Å². The summed E-state index contributed by atoms with van der Waals surface area (Å²) < 4.78 is 0.865. The monoisotopic (exact) mass is 405 g/mol. The van der Waals surface area contributed by atoms with Gasteiger partial charge in [-0.05, 0) is 48.6 Å². The molecule has 0 bridgehead atoms. The molecule has 1 heterocycles. The first kappa shape index (κ1) is 16.4. The molecule has 0 aromatic heterocycles. The van der Waals surface area contributed by atoms with Crippen LogP contribution in [-0.2, 0) is 0 Å². The van der Waals surface area contributed by atoms with Crippen LogP contribution in [0, 0.1) is 13.7 Å². The fourth-order valence-corrected chi connectivity index (χ4v) is 3.08. The molecule has 7 heteroatoms. The van der Waals surface area contributed by atoms with Gasteiger partial charge in [0.05, 0.1) is 10.5 Å². The second kappa shape index (κ2) is 6.45. The zero-order valence-electron chi connectivity index (χ0n) is 12.3. The van der Waals surface area contributed by atoms with Crippen LogP contribution in [0.1, 0.15) is 13.8 Å². The van der Waals surface area contributed by atoms with E-state index in [0.29, 0.717) is 12.2 Å². The molecule has 0 saturated carbocycles. The fourth-order valence-electron chi connectivity index (χ4n) is 2.60. The molecule has 0 amide bonds. The van der Waals surface area contributed by atoms with Crippen molar-refractivity contribution in [3.63, 3.8) is 0 Å². The van der Waals surface area contributed by atoms with E-state index < -0.39 is 5.60 Å². The molecule has 1 aromatic rings. The van der Waals surface area contributed by atoms with E-state index in [-0.39, 0.29) is 10.6 Å². The molecule has 1 aromatic carbocycles. The Hall–Kier alpha value is -0.930. The predicted molar refractivity (Wildman–Crippen MR) is 90.8 cm³/mol. The van der Waals surface area contributed by atoms with E-state index in [2.05, 4.69) is 32.4 Å². The van der Waals surface area contributed by atoms with E-state index in [1.807, 2.05) is 12.1 Å². The Morgan fingerprint density at radius 1 is 1.33 bits per heavy atom. The summed E-state index contributed by atoms with van der Waals surface area (Å²) in [5.74, 6) is 0. The minimum absolute atomic E-state index is 0.165. The minimum atomic E-state index is -0.711. The van der Waals surface area contributed by atoms with Gasteiger partial charge in [-0.25, -0.2) is 0 Å². The summed E-state index contributed by atoms with van der Waals surface area (Å²) in [5, 5.41) is 21.1. The molecular weight excluding hydrogens is 385 g/mol. The summed E-state index contributed by atoms with van der Waals surface area (Å²) in [5.41, 5.74) is 0.137. The summed E-state index contributed by atoms with van der Waals surface area (Å²) in [6, 6.07) is 5.33. The lowest BCUT2D eigenvalue weighted by Crippen LogP contribution is -2.50. The van der Waals surface area contributed by atoms with E-state index in [1.165, 1.54) is 0 Å². The molecule has 6 nitrogen and oxygen atoms in total. The molecule has 0 spiro atoms. The number of rotatable bonds is 4. The van der Waals surface area contributed by atoms with Crippen molar-refractivity contribution in [3.8, 4) is 0 Å². The van der Waals surface area contributed by atoms with Crippen LogP contribution in [0.4, 0.5) is 11.4 Å². The SMILES string of the molecule is CC(C)(O)CN1CCN(c2ccc(I)cc2[N+](=O)[O-])CC1. The molecule has 1 aliphatic heterocycles. The Labute approximate surface area is 138 Å². The Morgan fingerprint density at radius 2 is 1.95 bits per heavy atom. The van der Waals surface area contributed by atoms with Crippen molar-refractivity contribution in [2.75, 3.05) is 37.6 Å². The quantitative estimate of drug-likeness (QED) is 0.472. The van der Waals surface area contributed by atoms with Crippen LogP contribution < -0.4 is 4.90 Å². The highest BCUT2D eigenvalue weighted by Crippen LogP contribution is 2.30. The molecule has 0 atom stereocenters. The number of nitro groups is 1. The second-order valence-corrected chi connectivity index (χ2v) is 7.21. The van der Waals surface area contributed by atoms with Gasteiger partial charge in [-0.1, -0.05) is 0 Å². The Morgan fingerprint density at radius 3 is 2.48 bits per heavy atom. The average molecular weight is 405 g/mol. The molecule has 1 fully saturated rings. The third-order valence-electron chi connectivity index (χ3n) is 3.46. The number of halogens is 1. The number of hydrogen-bond donors (Lipinski definition) is 1. The number of anilines is 1. The normalized spacial score (nSPS) is 17.0. The Kier molecular flexibility index (Phi) is 5.05. The van der Waals surface area contributed by atoms with Crippen LogP contribution in [0.25, 0.3) is 0 Å². The summed E-state index contributed by atoms with van der Waals surface area (Å²) in [4.78, 5) is 15.1. The average Bonchev–Trinajstić information content (AvgIpc) is 2.38. The number of nitro benzene ring substituents is 1. The number of nitrogens with zero attached hydrogens (tertiary/aromatic N) is 3. The molecule has 0 unspecified atom stereocenters. The van der Waals surface area contributed by atoms with E-state index in [0.717, 1.165) is 29.7 Å². The van der Waals surface area contributed by atoms with Gasteiger partial charge in [-0.15, -0.1) is 0 Å². The maximum Gasteiger partial charge on any atom is 0.293 e. The number of β-amino-alcohol motifs (C(OH)–C–C–N with tert-alkyl or cyclic N) is 1. The number of hydrogen-bond acceptors (Lipinski definition) is 5. The highest BCUT2D eigenvalue weighted by atomic mass is 127. The molecule has 21 heavy (non-hydrogen) atoms. The Balaban J connectivity index is 2.07. The summed E-state index contributed by atoms with van der Waals surface area (Å²) in [6.07, 6.45) is 0. The summed E-state index contributed by atoms with van der Waals surface area (Å²) in [6.45, 7) is 7.28. The Bertz CT molecular complexity index is 523. The second-order valence-electron chi connectivity index (χ2n) is 5.97. The van der Waals surface area contributed by atoms with Gasteiger partial charge in [0.15, 0.2) is 0 Å². The van der Waals surface area contributed by atoms with Gasteiger partial charge < -0.3 is 10.0 Å². The zero-order chi connectivity index (χ0) is 15.6. The van der Waals surface area contributed by atoms with Crippen molar-refractivity contribution in [2.24, 2.45) is 0 Å². The standard InChI is InChI=1S/C14H20IN3O3/c1-14(2,19)10-16-5-7-17(8-6-16)12-4-3-11(15)9-13(12)18(20)21/h3-4,9,19H,5-8,10H2,1-2H3. The maximum atomic E-state index is 11.2. The fraction of sp³-hybridized carbons (Fsp3) is 0.571. The van der Waals surface area contributed by atoms with Crippen molar-refractivity contribution in [2.45, 2.75) is 19.4 Å². The maximum absolute atomic E-state index is 11.2. The largest absolute Gasteiger partial charge is 0.389 e. The van der Waals surface area contributed by atoms with E-state index in [1.54, 1.807) is 19.9 Å². The van der Waals surface area contributed by atoms with Gasteiger partial charge >= 0.3 is 0 Å². The molecule has 1 aliphatic rings. The van der Waals surface area contributed by atoms with Crippen LogP contribution in [0.3, 0.4) is 0 Å². The van der Waals surface area contributed by atoms with Crippen molar-refractivity contribution < 1.29 is 10.0 Å². The van der Waals surface area contributed by atoms with Crippen molar-refractivity contribution in [1.29, 1.82) is 0 Å². The lowest BCUT2D eigenvalue weighted by atomic mass is 10.1. The highest BCUT2D eigenvalue weighted by Gasteiger charge is 2.26. The lowest BCUT2D eigenvalue weighted by Gasteiger charge is -2.38. The van der Waals surface area contributed by atoms with E-state index >= 15 is 0 Å². The molecule has 2 rings (SSSR count). The molecule has 0 aliphatic carbocycles. The topological polar surface area (TPSA) is 69.8 Å². The van der Waals surface area contributed by atoms with Gasteiger partial charge in [-0.2, -0.15) is 0 Å². The van der Waals surface area contributed by atoms with Crippen LogP contribution in [-0.4, -0.2) is 53.3 Å². The smallest absolute Gasteiger partial charge is 0.293 e. The van der Waals surface area contributed by atoms with Crippen LogP contribution in [0.15, 0.2) is 18.2 Å². The zero-order valence-corrected chi connectivity index (χ0v) is 14.4. The van der Waals surface area contributed by atoms with Gasteiger partial charge in [0.25, 0.3) is 5.69 Å². The number of aliphatic hydroxyl groups is 1. The summed E-state index contributed by atoms with van der Waals surface area (Å²) >= 11 is 2.09. The van der Waals surface area contributed by atoms with Crippen molar-refractivity contribution in [3.05, 3.63) is 31.9 Å². The first-order chi connectivity index (χ1) is 9.76. The third kappa shape index (κ3) is 4.52. The minimum Gasteiger partial charge on any atom is -0.389 e. The molecule has 1 N–H and O–H groups in total. The van der Waals surface area contributed by atoms with Crippen molar-refractivity contribution >= 4 is 34.0 Å². The van der Waals surface area contributed by atoms with Gasteiger partial charge in [-0.3, -0.25) is 15.0 Å². The molecule has 0 radical (unpaired) electrons. The molecular formula is C14H20IN3O3. The molecule has 1 saturated heterocycles. The highest BCUT2D eigenvalue weighted by molar-refractivity contribution is 14.1. The van der Waals surface area contributed by atoms with Crippen LogP contribution in [0.5, 0.6) is 0 Å². The van der Waals surface area contributed by atoms with Gasteiger partial charge in [0.1, 0.15) is 5.69 Å². The number of piperazine rings is 1. The first-order valence-corrected chi connectivity index (χ1v) is 7.98. The van der Waals surface area contributed by atoms with Crippen LogP contribution in [0.2, 0.25) is 0 Å². The van der Waals surface area contributed by atoms with Gasteiger partial charge in [0, 0.05) is 42.4 Å². The molecule has 116 valence electrons. The van der Waals surface area contributed by atoms with E-state index in [9.17, 15) is 15.2 Å². The third-order valence-corrected chi connectivity index (χ3v) is 4.13. The van der Waals surface area contributed by atoms with Gasteiger partial charge in [0.2, 0.25) is 0 Å². The number of benzene rings is 1. The lowest BCUT2D eigenvalue weighted by molar-refractivity contribution is -0.384. The van der Waals surface area contributed by atoms with Crippen LogP contribution >= 0.6 is 22.6 Å². The first-order valence-electron chi connectivity index (χ1n) is 6.90.